The molecular weight excluding hydrogens is 362 g/mol. The number of carbonyl (C=O) groups excluding carboxylic acids is 1. The number of nitrogens with zero attached hydrogens (tertiary/aromatic N) is 1. The first-order valence-electron chi connectivity index (χ1n) is 8.46. The highest BCUT2D eigenvalue weighted by molar-refractivity contribution is 7.89. The highest BCUT2D eigenvalue weighted by atomic mass is 35.5. The third-order valence-corrected chi connectivity index (χ3v) is 6.83. The van der Waals surface area contributed by atoms with Crippen molar-refractivity contribution in [1.82, 2.24) is 9.62 Å². The monoisotopic (exact) mass is 387 g/mol. The van der Waals surface area contributed by atoms with E-state index in [1.165, 1.54) is 7.05 Å². The lowest BCUT2D eigenvalue weighted by atomic mass is 9.98. The van der Waals surface area contributed by atoms with Crippen LogP contribution in [-0.2, 0) is 21.2 Å². The average Bonchev–Trinajstić information content (AvgIpc) is 3.15. The maximum atomic E-state index is 12.4. The number of fused-ring (bicyclic) bond motifs is 1. The lowest BCUT2D eigenvalue weighted by Crippen LogP contribution is -2.33. The quantitative estimate of drug-likeness (QED) is 0.792. The van der Waals surface area contributed by atoms with Crippen LogP contribution < -0.4 is 10.5 Å². The molecule has 8 heteroatoms. The van der Waals surface area contributed by atoms with Gasteiger partial charge in [-0.25, -0.2) is 13.1 Å². The van der Waals surface area contributed by atoms with Gasteiger partial charge in [-0.05, 0) is 55.8 Å². The smallest absolute Gasteiger partial charge is 0.240 e. The summed E-state index contributed by atoms with van der Waals surface area (Å²) in [7, 11) is -2.02. The van der Waals surface area contributed by atoms with Gasteiger partial charge in [0.2, 0.25) is 15.9 Å². The van der Waals surface area contributed by atoms with E-state index in [0.717, 1.165) is 31.5 Å². The number of nitrogens with one attached hydrogen (secondary N) is 1. The fourth-order valence-corrected chi connectivity index (χ4v) is 4.60. The Morgan fingerprint density at radius 2 is 1.92 bits per heavy atom. The third kappa shape index (κ3) is 4.34. The number of hydrogen-bond acceptors (Lipinski definition) is 4. The van der Waals surface area contributed by atoms with Crippen LogP contribution in [0.5, 0.6) is 0 Å². The summed E-state index contributed by atoms with van der Waals surface area (Å²) in [6.45, 7) is 1.64. The van der Waals surface area contributed by atoms with E-state index in [1.807, 2.05) is 4.90 Å². The molecule has 3 unspecified atom stereocenters. The molecule has 1 aliphatic carbocycles. The van der Waals surface area contributed by atoms with Gasteiger partial charge in [-0.15, -0.1) is 12.4 Å². The van der Waals surface area contributed by atoms with Crippen LogP contribution in [0, 0.1) is 11.8 Å². The Kier molecular flexibility index (Phi) is 6.48. The van der Waals surface area contributed by atoms with Crippen molar-refractivity contribution in [3.05, 3.63) is 29.8 Å². The van der Waals surface area contributed by atoms with Crippen LogP contribution >= 0.6 is 12.4 Å². The molecule has 1 saturated heterocycles. The number of rotatable bonds is 5. The minimum Gasteiger partial charge on any atom is -0.342 e. The van der Waals surface area contributed by atoms with Crippen molar-refractivity contribution in [2.45, 2.75) is 36.6 Å². The number of hydrogen-bond donors (Lipinski definition) is 2. The molecule has 3 rings (SSSR count). The number of amides is 1. The number of likely N-dealkylation sites (tertiary alicyclic amines) is 1. The first kappa shape index (κ1) is 20.2. The van der Waals surface area contributed by atoms with Gasteiger partial charge in [-0.1, -0.05) is 12.1 Å². The normalized spacial score (nSPS) is 25.5. The summed E-state index contributed by atoms with van der Waals surface area (Å²) in [5.74, 6) is 1.22. The molecule has 1 aromatic rings. The van der Waals surface area contributed by atoms with E-state index in [9.17, 15) is 13.2 Å². The van der Waals surface area contributed by atoms with Gasteiger partial charge >= 0.3 is 0 Å². The van der Waals surface area contributed by atoms with E-state index < -0.39 is 10.0 Å². The largest absolute Gasteiger partial charge is 0.342 e. The number of aryl methyl sites for hydroxylation is 1. The van der Waals surface area contributed by atoms with Gasteiger partial charge < -0.3 is 10.6 Å². The first-order valence-corrected chi connectivity index (χ1v) is 9.95. The van der Waals surface area contributed by atoms with E-state index >= 15 is 0 Å². The number of halogens is 1. The molecule has 0 aromatic heterocycles. The van der Waals surface area contributed by atoms with Crippen molar-refractivity contribution in [3.63, 3.8) is 0 Å². The van der Waals surface area contributed by atoms with Crippen LogP contribution in [0.15, 0.2) is 29.2 Å². The first-order chi connectivity index (χ1) is 11.4. The molecule has 3 atom stereocenters. The zero-order valence-corrected chi connectivity index (χ0v) is 16.0. The van der Waals surface area contributed by atoms with Crippen molar-refractivity contribution >= 4 is 28.3 Å². The number of benzene rings is 1. The summed E-state index contributed by atoms with van der Waals surface area (Å²) in [5.41, 5.74) is 7.08. The molecule has 3 N–H and O–H groups in total. The topological polar surface area (TPSA) is 92.5 Å². The molecule has 140 valence electrons. The summed E-state index contributed by atoms with van der Waals surface area (Å²) in [5, 5.41) is 0. The van der Waals surface area contributed by atoms with Crippen LogP contribution in [0.25, 0.3) is 0 Å². The molecular formula is C17H26ClN3O3S. The molecule has 0 radical (unpaired) electrons. The molecule has 1 saturated carbocycles. The molecule has 1 amide bonds. The molecule has 1 aromatic carbocycles. The molecule has 1 heterocycles. The SMILES string of the molecule is CNS(=O)(=O)c1ccc(CCC(=O)N2CC3CCC(N)C3C2)cc1.Cl. The Hall–Kier alpha value is -1.15. The van der Waals surface area contributed by atoms with Crippen LogP contribution in [-0.4, -0.2) is 45.4 Å². The highest BCUT2D eigenvalue weighted by Crippen LogP contribution is 2.37. The van der Waals surface area contributed by atoms with Crippen LogP contribution in [0.3, 0.4) is 0 Å². The molecule has 1 aliphatic heterocycles. The standard InChI is InChI=1S/C17H25N3O3S.ClH/c1-19-24(22,23)14-6-2-12(3-7-14)4-9-17(21)20-10-13-5-8-16(18)15(13)11-20;/h2-3,6-7,13,15-16,19H,4-5,8-11,18H2,1H3;1H. The predicted octanol–water partition coefficient (Wildman–Crippen LogP) is 1.14. The van der Waals surface area contributed by atoms with Gasteiger partial charge in [0.05, 0.1) is 4.90 Å². The molecule has 2 aliphatic rings. The number of sulfonamides is 1. The van der Waals surface area contributed by atoms with Crippen molar-refractivity contribution < 1.29 is 13.2 Å². The maximum Gasteiger partial charge on any atom is 0.240 e. The fraction of sp³-hybridized carbons (Fsp3) is 0.588. The minimum absolute atomic E-state index is 0. The number of carbonyl (C=O) groups is 1. The van der Waals surface area contributed by atoms with Crippen molar-refractivity contribution in [2.24, 2.45) is 17.6 Å². The van der Waals surface area contributed by atoms with Crippen LogP contribution in [0.4, 0.5) is 0 Å². The zero-order chi connectivity index (χ0) is 17.3. The molecule has 6 nitrogen and oxygen atoms in total. The summed E-state index contributed by atoms with van der Waals surface area (Å²) >= 11 is 0. The lowest BCUT2D eigenvalue weighted by molar-refractivity contribution is -0.130. The van der Waals surface area contributed by atoms with Gasteiger partial charge in [0, 0.05) is 25.6 Å². The fourth-order valence-electron chi connectivity index (χ4n) is 3.87. The minimum atomic E-state index is -3.41. The van der Waals surface area contributed by atoms with E-state index in [1.54, 1.807) is 24.3 Å². The molecule has 0 spiro atoms. The van der Waals surface area contributed by atoms with Gasteiger partial charge in [0.1, 0.15) is 0 Å². The summed E-state index contributed by atoms with van der Waals surface area (Å²) in [4.78, 5) is 14.6. The Bertz CT molecular complexity index is 708. The van der Waals surface area contributed by atoms with Crippen molar-refractivity contribution in [1.29, 1.82) is 0 Å². The van der Waals surface area contributed by atoms with Gasteiger partial charge in [0.25, 0.3) is 0 Å². The Morgan fingerprint density at radius 1 is 1.24 bits per heavy atom. The molecule has 0 bridgehead atoms. The maximum absolute atomic E-state index is 12.4. The van der Waals surface area contributed by atoms with Crippen LogP contribution in [0.2, 0.25) is 0 Å². The van der Waals surface area contributed by atoms with Gasteiger partial charge in [-0.3, -0.25) is 4.79 Å². The predicted molar refractivity (Wildman–Crippen MR) is 99.0 cm³/mol. The second kappa shape index (κ2) is 8.03. The number of nitrogens with two attached hydrogens (primary N) is 1. The Labute approximate surface area is 155 Å². The second-order valence-electron chi connectivity index (χ2n) is 6.82. The highest BCUT2D eigenvalue weighted by Gasteiger charge is 2.42. The van der Waals surface area contributed by atoms with E-state index in [0.29, 0.717) is 24.7 Å². The Morgan fingerprint density at radius 3 is 2.52 bits per heavy atom. The summed E-state index contributed by atoms with van der Waals surface area (Å²) < 4.78 is 25.7. The third-order valence-electron chi connectivity index (χ3n) is 5.39. The Balaban J connectivity index is 0.00000225. The average molecular weight is 388 g/mol. The molecule has 25 heavy (non-hydrogen) atoms. The van der Waals surface area contributed by atoms with Crippen molar-refractivity contribution in [3.8, 4) is 0 Å². The second-order valence-corrected chi connectivity index (χ2v) is 8.70. The lowest BCUT2D eigenvalue weighted by Gasteiger charge is -2.18. The van der Waals surface area contributed by atoms with Crippen LogP contribution in [0.1, 0.15) is 24.8 Å². The van der Waals surface area contributed by atoms with E-state index in [4.69, 9.17) is 5.73 Å². The summed E-state index contributed by atoms with van der Waals surface area (Å²) in [6.07, 6.45) is 3.29. The summed E-state index contributed by atoms with van der Waals surface area (Å²) in [6, 6.07) is 6.93. The van der Waals surface area contributed by atoms with Gasteiger partial charge in [0.15, 0.2) is 0 Å². The van der Waals surface area contributed by atoms with Crippen molar-refractivity contribution in [2.75, 3.05) is 20.1 Å². The molecule has 2 fully saturated rings. The zero-order valence-electron chi connectivity index (χ0n) is 14.3. The van der Waals surface area contributed by atoms with Gasteiger partial charge in [-0.2, -0.15) is 0 Å². The van der Waals surface area contributed by atoms with E-state index in [2.05, 4.69) is 4.72 Å². The van der Waals surface area contributed by atoms with E-state index in [-0.39, 0.29) is 29.3 Å².